The number of fused-ring (bicyclic) bond motifs is 8. The van der Waals surface area contributed by atoms with Crippen LogP contribution in [0, 0.1) is 0 Å². The standard InChI is InChI=1S/C26H18S/c1-3-4-9-17(2)18-14-15-20-19-10-5-6-11-21(19)26-25(23(20)16-18)22-12-7-8-13-24(22)27-26/h3-16H,1-2H2/b9-4-. The molecule has 0 atom stereocenters. The molecule has 0 saturated heterocycles. The molecule has 0 aliphatic rings. The summed E-state index contributed by atoms with van der Waals surface area (Å²) in [6.07, 6.45) is 5.73. The summed E-state index contributed by atoms with van der Waals surface area (Å²) in [5.41, 5.74) is 2.14. The van der Waals surface area contributed by atoms with Crippen molar-refractivity contribution in [3.63, 3.8) is 0 Å². The first-order chi connectivity index (χ1) is 13.3. The lowest BCUT2D eigenvalue weighted by Crippen LogP contribution is -1.84. The fourth-order valence-corrected chi connectivity index (χ4v) is 5.14. The number of benzene rings is 4. The van der Waals surface area contributed by atoms with Crippen molar-refractivity contribution in [3.8, 4) is 0 Å². The third kappa shape index (κ3) is 2.43. The number of allylic oxidation sites excluding steroid dienone is 4. The van der Waals surface area contributed by atoms with Crippen molar-refractivity contribution in [2.75, 3.05) is 0 Å². The van der Waals surface area contributed by atoms with Crippen molar-refractivity contribution < 1.29 is 0 Å². The highest BCUT2D eigenvalue weighted by atomic mass is 32.1. The first kappa shape index (κ1) is 16.0. The zero-order chi connectivity index (χ0) is 18.4. The molecule has 0 amide bonds. The molecule has 0 bridgehead atoms. The van der Waals surface area contributed by atoms with E-state index in [1.807, 2.05) is 23.5 Å². The van der Waals surface area contributed by atoms with Gasteiger partial charge in [0, 0.05) is 25.6 Å². The molecular formula is C26H18S. The average Bonchev–Trinajstić information content (AvgIpc) is 3.12. The normalized spacial score (nSPS) is 11.9. The molecule has 0 aliphatic carbocycles. The molecule has 0 fully saturated rings. The van der Waals surface area contributed by atoms with E-state index in [4.69, 9.17) is 0 Å². The Kier molecular flexibility index (Phi) is 3.70. The van der Waals surface area contributed by atoms with E-state index in [9.17, 15) is 0 Å². The smallest absolute Gasteiger partial charge is 0.0440 e. The molecule has 5 rings (SSSR count). The molecule has 0 spiro atoms. The average molecular weight is 362 g/mol. The molecule has 0 unspecified atom stereocenters. The molecule has 0 N–H and O–H groups in total. The van der Waals surface area contributed by atoms with Crippen molar-refractivity contribution >= 4 is 58.6 Å². The van der Waals surface area contributed by atoms with Crippen LogP contribution < -0.4 is 0 Å². The highest BCUT2D eigenvalue weighted by molar-refractivity contribution is 7.27. The van der Waals surface area contributed by atoms with Gasteiger partial charge in [-0.1, -0.05) is 86.0 Å². The number of hydrogen-bond donors (Lipinski definition) is 0. The molecule has 1 heterocycles. The van der Waals surface area contributed by atoms with Crippen LogP contribution in [0.3, 0.4) is 0 Å². The van der Waals surface area contributed by atoms with Crippen LogP contribution in [0.5, 0.6) is 0 Å². The van der Waals surface area contributed by atoms with Gasteiger partial charge in [0.05, 0.1) is 0 Å². The molecule has 0 saturated carbocycles. The van der Waals surface area contributed by atoms with Crippen molar-refractivity contribution in [2.24, 2.45) is 0 Å². The summed E-state index contributed by atoms with van der Waals surface area (Å²) in [6.45, 7) is 7.98. The van der Waals surface area contributed by atoms with E-state index in [0.29, 0.717) is 0 Å². The van der Waals surface area contributed by atoms with Gasteiger partial charge in [-0.15, -0.1) is 11.3 Å². The second-order valence-corrected chi connectivity index (χ2v) is 7.78. The van der Waals surface area contributed by atoms with Crippen molar-refractivity contribution in [3.05, 3.63) is 104 Å². The van der Waals surface area contributed by atoms with Gasteiger partial charge in [0.2, 0.25) is 0 Å². The monoisotopic (exact) mass is 362 g/mol. The van der Waals surface area contributed by atoms with Crippen LogP contribution in [0.4, 0.5) is 0 Å². The quantitative estimate of drug-likeness (QED) is 0.224. The Balaban J connectivity index is 1.98. The first-order valence-electron chi connectivity index (χ1n) is 9.02. The maximum absolute atomic E-state index is 4.23. The Morgan fingerprint density at radius 2 is 1.48 bits per heavy atom. The van der Waals surface area contributed by atoms with E-state index in [-0.39, 0.29) is 0 Å². The van der Waals surface area contributed by atoms with Gasteiger partial charge < -0.3 is 0 Å². The Hall–Kier alpha value is -3.16. The van der Waals surface area contributed by atoms with Gasteiger partial charge in [-0.05, 0) is 39.4 Å². The Labute approximate surface area is 162 Å². The van der Waals surface area contributed by atoms with Crippen LogP contribution in [0.1, 0.15) is 5.56 Å². The summed E-state index contributed by atoms with van der Waals surface area (Å²) in [7, 11) is 0. The summed E-state index contributed by atoms with van der Waals surface area (Å²) in [5, 5.41) is 7.92. The lowest BCUT2D eigenvalue weighted by Gasteiger charge is -2.10. The lowest BCUT2D eigenvalue weighted by atomic mass is 9.94. The third-order valence-corrected chi connectivity index (χ3v) is 6.35. The highest BCUT2D eigenvalue weighted by Gasteiger charge is 2.14. The van der Waals surface area contributed by atoms with E-state index in [2.05, 4.69) is 79.9 Å². The molecule has 1 heteroatoms. The zero-order valence-corrected chi connectivity index (χ0v) is 15.7. The minimum absolute atomic E-state index is 0.998. The number of thiophene rings is 1. The van der Waals surface area contributed by atoms with Gasteiger partial charge in [-0.25, -0.2) is 0 Å². The van der Waals surface area contributed by atoms with Crippen LogP contribution >= 0.6 is 11.3 Å². The molecule has 0 nitrogen and oxygen atoms in total. The summed E-state index contributed by atoms with van der Waals surface area (Å²) in [5.74, 6) is 0. The fourth-order valence-electron chi connectivity index (χ4n) is 3.88. The molecule has 0 aliphatic heterocycles. The summed E-state index contributed by atoms with van der Waals surface area (Å²) in [6, 6.07) is 24.1. The highest BCUT2D eigenvalue weighted by Crippen LogP contribution is 2.44. The van der Waals surface area contributed by atoms with Gasteiger partial charge in [0.25, 0.3) is 0 Å². The van der Waals surface area contributed by atoms with Crippen LogP contribution in [0.2, 0.25) is 0 Å². The zero-order valence-electron chi connectivity index (χ0n) is 14.9. The summed E-state index contributed by atoms with van der Waals surface area (Å²) < 4.78 is 2.70. The van der Waals surface area contributed by atoms with Crippen LogP contribution in [0.25, 0.3) is 47.3 Å². The van der Waals surface area contributed by atoms with Gasteiger partial charge >= 0.3 is 0 Å². The van der Waals surface area contributed by atoms with Crippen molar-refractivity contribution in [1.29, 1.82) is 0 Å². The van der Waals surface area contributed by atoms with Crippen molar-refractivity contribution in [1.82, 2.24) is 0 Å². The summed E-state index contributed by atoms with van der Waals surface area (Å²) in [4.78, 5) is 0. The molecular weight excluding hydrogens is 344 g/mol. The molecule has 4 aromatic carbocycles. The SMILES string of the molecule is C=C/C=C\C(=C)c1ccc2c3ccccc3c3sc4ccccc4c3c2c1. The second kappa shape index (κ2) is 6.22. The minimum atomic E-state index is 0.998. The van der Waals surface area contributed by atoms with Crippen molar-refractivity contribution in [2.45, 2.75) is 0 Å². The van der Waals surface area contributed by atoms with Gasteiger partial charge in [0.15, 0.2) is 0 Å². The Bertz CT molecular complexity index is 1400. The maximum atomic E-state index is 4.23. The molecule has 27 heavy (non-hydrogen) atoms. The van der Waals surface area contributed by atoms with Gasteiger partial charge in [0.1, 0.15) is 0 Å². The van der Waals surface area contributed by atoms with Gasteiger partial charge in [-0.3, -0.25) is 0 Å². The Morgan fingerprint density at radius 3 is 2.30 bits per heavy atom. The van der Waals surface area contributed by atoms with E-state index in [0.717, 1.165) is 11.1 Å². The molecule has 5 aromatic rings. The number of hydrogen-bond acceptors (Lipinski definition) is 1. The van der Waals surface area contributed by atoms with Crippen LogP contribution in [0.15, 0.2) is 98.1 Å². The van der Waals surface area contributed by atoms with E-state index >= 15 is 0 Å². The number of rotatable bonds is 3. The second-order valence-electron chi connectivity index (χ2n) is 6.73. The fraction of sp³-hybridized carbons (Fsp3) is 0. The largest absolute Gasteiger partial charge is 0.135 e. The minimum Gasteiger partial charge on any atom is -0.135 e. The summed E-state index contributed by atoms with van der Waals surface area (Å²) >= 11 is 1.88. The topological polar surface area (TPSA) is 0 Å². The first-order valence-corrected chi connectivity index (χ1v) is 9.83. The van der Waals surface area contributed by atoms with Crippen LogP contribution in [-0.2, 0) is 0 Å². The third-order valence-electron chi connectivity index (χ3n) is 5.15. The van der Waals surface area contributed by atoms with E-state index in [1.165, 1.54) is 41.7 Å². The maximum Gasteiger partial charge on any atom is 0.0440 e. The van der Waals surface area contributed by atoms with Gasteiger partial charge in [-0.2, -0.15) is 0 Å². The predicted molar refractivity (Wildman–Crippen MR) is 123 cm³/mol. The molecule has 128 valence electrons. The molecule has 0 radical (unpaired) electrons. The van der Waals surface area contributed by atoms with E-state index < -0.39 is 0 Å². The van der Waals surface area contributed by atoms with E-state index in [1.54, 1.807) is 6.08 Å². The lowest BCUT2D eigenvalue weighted by molar-refractivity contribution is 1.70. The molecule has 1 aromatic heterocycles. The van der Waals surface area contributed by atoms with Crippen LogP contribution in [-0.4, -0.2) is 0 Å². The Morgan fingerprint density at radius 1 is 0.778 bits per heavy atom. The predicted octanol–water partition coefficient (Wildman–Crippen LogP) is 8.12.